The van der Waals surface area contributed by atoms with E-state index >= 15 is 0 Å². The van der Waals surface area contributed by atoms with Crippen molar-refractivity contribution in [3.05, 3.63) is 29.3 Å². The predicted octanol–water partition coefficient (Wildman–Crippen LogP) is 3.55. The molecule has 1 heterocycles. The van der Waals surface area contributed by atoms with Crippen LogP contribution in [0.4, 0.5) is 0 Å². The van der Waals surface area contributed by atoms with Gasteiger partial charge >= 0.3 is 5.97 Å². The van der Waals surface area contributed by atoms with Crippen LogP contribution in [0.3, 0.4) is 0 Å². The standard InChI is InChI=1S/C19H27NO2/c1-5-19-8-9-20(4)15(12-19)10-14-6-7-16(11-17(14)19)22-18(21)13(2)3/h6-7,11,13,15H,5,8-10,12H2,1-4H3. The molecule has 120 valence electrons. The minimum atomic E-state index is -0.150. The Morgan fingerprint density at radius 2 is 2.23 bits per heavy atom. The number of likely N-dealkylation sites (N-methyl/N-ethyl adjacent to an activating group) is 1. The zero-order valence-electron chi connectivity index (χ0n) is 14.2. The monoisotopic (exact) mass is 301 g/mol. The number of piperidine rings is 1. The fourth-order valence-corrected chi connectivity index (χ4v) is 4.04. The Bertz CT molecular complexity index is 581. The van der Waals surface area contributed by atoms with Gasteiger partial charge in [-0.1, -0.05) is 26.8 Å². The largest absolute Gasteiger partial charge is 0.426 e. The summed E-state index contributed by atoms with van der Waals surface area (Å²) >= 11 is 0. The van der Waals surface area contributed by atoms with E-state index in [4.69, 9.17) is 4.74 Å². The van der Waals surface area contributed by atoms with E-state index < -0.39 is 0 Å². The highest BCUT2D eigenvalue weighted by atomic mass is 16.5. The van der Waals surface area contributed by atoms with Crippen LogP contribution in [0.15, 0.2) is 18.2 Å². The normalized spacial score (nSPS) is 27.6. The molecule has 22 heavy (non-hydrogen) atoms. The van der Waals surface area contributed by atoms with Crippen LogP contribution in [-0.2, 0) is 16.6 Å². The van der Waals surface area contributed by atoms with E-state index in [9.17, 15) is 4.79 Å². The SMILES string of the molecule is CCC12CCN(C)C(Cc3ccc(OC(=O)C(C)C)cc31)C2. The van der Waals surface area contributed by atoms with Crippen LogP contribution in [0.5, 0.6) is 5.75 Å². The number of nitrogens with zero attached hydrogens (tertiary/aromatic N) is 1. The fraction of sp³-hybridized carbons (Fsp3) is 0.632. The lowest BCUT2D eigenvalue weighted by Crippen LogP contribution is -2.51. The number of carbonyl (C=O) groups is 1. The van der Waals surface area contributed by atoms with Gasteiger partial charge in [-0.2, -0.15) is 0 Å². The summed E-state index contributed by atoms with van der Waals surface area (Å²) in [4.78, 5) is 14.4. The molecule has 3 rings (SSSR count). The fourth-order valence-electron chi connectivity index (χ4n) is 4.04. The Morgan fingerprint density at radius 1 is 1.45 bits per heavy atom. The van der Waals surface area contributed by atoms with Gasteiger partial charge in [0.1, 0.15) is 5.75 Å². The zero-order valence-corrected chi connectivity index (χ0v) is 14.2. The van der Waals surface area contributed by atoms with Gasteiger partial charge in [0.2, 0.25) is 0 Å². The first-order chi connectivity index (χ1) is 10.4. The van der Waals surface area contributed by atoms with Crippen LogP contribution in [0.1, 0.15) is 51.2 Å². The molecule has 1 aromatic rings. The lowest BCUT2D eigenvalue weighted by atomic mass is 9.62. The van der Waals surface area contributed by atoms with E-state index in [2.05, 4.69) is 31.0 Å². The molecule has 0 amide bonds. The van der Waals surface area contributed by atoms with Gasteiger partial charge in [0.05, 0.1) is 5.92 Å². The summed E-state index contributed by atoms with van der Waals surface area (Å²) in [5.74, 6) is 0.467. The number of benzene rings is 1. The zero-order chi connectivity index (χ0) is 15.9. The minimum absolute atomic E-state index is 0.0936. The molecule has 2 atom stereocenters. The first-order valence-electron chi connectivity index (χ1n) is 8.50. The second-order valence-corrected chi connectivity index (χ2v) is 7.32. The van der Waals surface area contributed by atoms with Crippen LogP contribution < -0.4 is 4.74 Å². The summed E-state index contributed by atoms with van der Waals surface area (Å²) in [6, 6.07) is 6.93. The highest BCUT2D eigenvalue weighted by Crippen LogP contribution is 2.47. The third kappa shape index (κ3) is 2.56. The maximum Gasteiger partial charge on any atom is 0.313 e. The third-order valence-corrected chi connectivity index (χ3v) is 5.67. The maximum atomic E-state index is 11.9. The van der Waals surface area contributed by atoms with Crippen molar-refractivity contribution in [1.82, 2.24) is 4.90 Å². The minimum Gasteiger partial charge on any atom is -0.426 e. The molecular weight excluding hydrogens is 274 g/mol. The number of ether oxygens (including phenoxy) is 1. The van der Waals surface area contributed by atoms with Gasteiger partial charge in [0, 0.05) is 6.04 Å². The van der Waals surface area contributed by atoms with Crippen LogP contribution in [0.2, 0.25) is 0 Å². The van der Waals surface area contributed by atoms with Crippen molar-refractivity contribution >= 4 is 5.97 Å². The molecule has 0 N–H and O–H groups in total. The lowest BCUT2D eigenvalue weighted by molar-refractivity contribution is -0.137. The molecule has 1 aromatic carbocycles. The number of hydrogen-bond donors (Lipinski definition) is 0. The second kappa shape index (κ2) is 5.69. The number of esters is 1. The number of hydrogen-bond acceptors (Lipinski definition) is 3. The third-order valence-electron chi connectivity index (χ3n) is 5.67. The van der Waals surface area contributed by atoms with Gasteiger partial charge in [0.25, 0.3) is 0 Å². The van der Waals surface area contributed by atoms with Crippen LogP contribution in [0.25, 0.3) is 0 Å². The van der Waals surface area contributed by atoms with E-state index in [0.717, 1.165) is 19.4 Å². The van der Waals surface area contributed by atoms with Crippen molar-refractivity contribution in [2.75, 3.05) is 13.6 Å². The topological polar surface area (TPSA) is 29.5 Å². The average molecular weight is 301 g/mol. The van der Waals surface area contributed by atoms with Gasteiger partial charge in [0.15, 0.2) is 0 Å². The number of fused-ring (bicyclic) bond motifs is 4. The average Bonchev–Trinajstić information content (AvgIpc) is 2.51. The van der Waals surface area contributed by atoms with Crippen molar-refractivity contribution in [3.8, 4) is 5.75 Å². The number of carbonyl (C=O) groups excluding carboxylic acids is 1. The van der Waals surface area contributed by atoms with E-state index in [-0.39, 0.29) is 17.3 Å². The molecule has 1 aliphatic heterocycles. The Kier molecular flexibility index (Phi) is 4.02. The maximum absolute atomic E-state index is 11.9. The molecule has 2 unspecified atom stereocenters. The van der Waals surface area contributed by atoms with Gasteiger partial charge in [-0.15, -0.1) is 0 Å². The molecule has 0 radical (unpaired) electrons. The number of likely N-dealkylation sites (tertiary alicyclic amines) is 1. The van der Waals surface area contributed by atoms with E-state index in [1.165, 1.54) is 24.0 Å². The van der Waals surface area contributed by atoms with Crippen LogP contribution >= 0.6 is 0 Å². The molecule has 1 aliphatic carbocycles. The smallest absolute Gasteiger partial charge is 0.313 e. The summed E-state index contributed by atoms with van der Waals surface area (Å²) in [5.41, 5.74) is 3.13. The molecule has 1 fully saturated rings. The van der Waals surface area contributed by atoms with Crippen molar-refractivity contribution in [2.45, 2.75) is 57.9 Å². The Hall–Kier alpha value is -1.35. The van der Waals surface area contributed by atoms with Crippen LogP contribution in [0, 0.1) is 5.92 Å². The molecule has 0 aromatic heterocycles. The molecule has 3 heteroatoms. The Labute approximate surface area is 133 Å². The van der Waals surface area contributed by atoms with Crippen molar-refractivity contribution in [1.29, 1.82) is 0 Å². The molecular formula is C19H27NO2. The molecule has 1 saturated heterocycles. The lowest BCUT2D eigenvalue weighted by Gasteiger charge is -2.50. The first kappa shape index (κ1) is 15.5. The summed E-state index contributed by atoms with van der Waals surface area (Å²) in [6.45, 7) is 7.20. The molecule has 2 bridgehead atoms. The molecule has 0 saturated carbocycles. The van der Waals surface area contributed by atoms with Crippen molar-refractivity contribution in [2.24, 2.45) is 5.92 Å². The van der Waals surface area contributed by atoms with Crippen molar-refractivity contribution in [3.63, 3.8) is 0 Å². The predicted molar refractivity (Wildman–Crippen MR) is 88.2 cm³/mol. The van der Waals surface area contributed by atoms with Gasteiger partial charge in [-0.05, 0) is 68.0 Å². The summed E-state index contributed by atoms with van der Waals surface area (Å²) < 4.78 is 5.54. The molecule has 3 nitrogen and oxygen atoms in total. The summed E-state index contributed by atoms with van der Waals surface area (Å²) in [7, 11) is 2.24. The van der Waals surface area contributed by atoms with E-state index in [1.807, 2.05) is 19.9 Å². The first-order valence-corrected chi connectivity index (χ1v) is 8.50. The van der Waals surface area contributed by atoms with Gasteiger partial charge in [-0.25, -0.2) is 0 Å². The highest BCUT2D eigenvalue weighted by molar-refractivity contribution is 5.74. The quantitative estimate of drug-likeness (QED) is 0.631. The van der Waals surface area contributed by atoms with Gasteiger partial charge < -0.3 is 9.64 Å². The van der Waals surface area contributed by atoms with E-state index in [0.29, 0.717) is 11.8 Å². The molecule has 0 spiro atoms. The molecule has 2 aliphatic rings. The Balaban J connectivity index is 1.95. The Morgan fingerprint density at radius 3 is 2.91 bits per heavy atom. The van der Waals surface area contributed by atoms with Crippen molar-refractivity contribution < 1.29 is 9.53 Å². The van der Waals surface area contributed by atoms with Gasteiger partial charge in [-0.3, -0.25) is 4.79 Å². The second-order valence-electron chi connectivity index (χ2n) is 7.32. The van der Waals surface area contributed by atoms with Crippen LogP contribution in [-0.4, -0.2) is 30.5 Å². The van der Waals surface area contributed by atoms with E-state index in [1.54, 1.807) is 0 Å². The summed E-state index contributed by atoms with van der Waals surface area (Å²) in [6.07, 6.45) is 4.71. The highest BCUT2D eigenvalue weighted by Gasteiger charge is 2.43. The summed E-state index contributed by atoms with van der Waals surface area (Å²) in [5, 5.41) is 0. The number of rotatable bonds is 3.